The van der Waals surface area contributed by atoms with Crippen molar-refractivity contribution in [2.45, 2.75) is 13.8 Å². The molecule has 6 nitrogen and oxygen atoms in total. The minimum atomic E-state index is -0.161. The molecule has 0 aliphatic carbocycles. The lowest BCUT2D eigenvalue weighted by molar-refractivity contribution is 0.0944. The van der Waals surface area contributed by atoms with Crippen LogP contribution in [0.4, 0.5) is 5.69 Å². The van der Waals surface area contributed by atoms with Gasteiger partial charge in [-0.1, -0.05) is 13.8 Å². The number of hydrogen-bond donors (Lipinski definition) is 3. The third-order valence-corrected chi connectivity index (χ3v) is 2.77. The first-order valence-electron chi connectivity index (χ1n) is 6.14. The Balaban J connectivity index is 2.40. The number of hydrogen-bond acceptors (Lipinski definition) is 5. The average molecular weight is 251 g/mol. The van der Waals surface area contributed by atoms with Gasteiger partial charge in [0.15, 0.2) is 0 Å². The zero-order chi connectivity index (χ0) is 13.4. The van der Waals surface area contributed by atoms with Gasteiger partial charge in [-0.25, -0.2) is 4.98 Å². The van der Waals surface area contributed by atoms with Gasteiger partial charge in [-0.3, -0.25) is 10.6 Å². The number of carbonyl (C=O) groups is 1. The maximum atomic E-state index is 11.8. The van der Waals surface area contributed by atoms with Crippen LogP contribution in [0.1, 0.15) is 24.3 Å². The number of amides is 1. The van der Waals surface area contributed by atoms with E-state index in [-0.39, 0.29) is 5.91 Å². The van der Waals surface area contributed by atoms with Gasteiger partial charge in [0.2, 0.25) is 0 Å². The Morgan fingerprint density at radius 2 is 2.11 bits per heavy atom. The number of nitrogens with one attached hydrogen (secondary N) is 2. The van der Waals surface area contributed by atoms with Crippen LogP contribution < -0.4 is 16.6 Å². The number of nitrogens with two attached hydrogens (primary N) is 1. The molecule has 1 rings (SSSR count). The predicted molar refractivity (Wildman–Crippen MR) is 72.2 cm³/mol. The Hall–Kier alpha value is -1.66. The van der Waals surface area contributed by atoms with Crippen molar-refractivity contribution in [1.29, 1.82) is 0 Å². The molecule has 1 amide bonds. The Morgan fingerprint density at radius 3 is 2.61 bits per heavy atom. The number of carbonyl (C=O) groups excluding carboxylic acids is 1. The molecule has 0 radical (unpaired) electrons. The maximum Gasteiger partial charge on any atom is 0.269 e. The molecule has 0 saturated carbocycles. The summed E-state index contributed by atoms with van der Waals surface area (Å²) in [6, 6.07) is 3.36. The van der Waals surface area contributed by atoms with E-state index in [0.29, 0.717) is 17.9 Å². The lowest BCUT2D eigenvalue weighted by Crippen LogP contribution is -2.35. The topological polar surface area (TPSA) is 83.3 Å². The van der Waals surface area contributed by atoms with Crippen LogP contribution in [0.5, 0.6) is 0 Å². The number of anilines is 1. The molecule has 6 heteroatoms. The first kappa shape index (κ1) is 14.4. The first-order valence-corrected chi connectivity index (χ1v) is 6.14. The van der Waals surface area contributed by atoms with Gasteiger partial charge in [0, 0.05) is 13.1 Å². The van der Waals surface area contributed by atoms with Crippen molar-refractivity contribution in [1.82, 2.24) is 15.2 Å². The standard InChI is InChI=1S/C12H21N5O/c1-3-17(4-2)8-7-14-12(18)11-6-5-10(16-13)9-15-11/h5-6,9,16H,3-4,7-8,13H2,1-2H3,(H,14,18). The zero-order valence-corrected chi connectivity index (χ0v) is 10.9. The Morgan fingerprint density at radius 1 is 1.39 bits per heavy atom. The van der Waals surface area contributed by atoms with Crippen molar-refractivity contribution in [3.8, 4) is 0 Å². The fourth-order valence-corrected chi connectivity index (χ4v) is 1.57. The molecule has 1 aromatic heterocycles. The highest BCUT2D eigenvalue weighted by molar-refractivity contribution is 5.92. The summed E-state index contributed by atoms with van der Waals surface area (Å²) in [5, 5.41) is 2.84. The van der Waals surface area contributed by atoms with E-state index < -0.39 is 0 Å². The SMILES string of the molecule is CCN(CC)CCNC(=O)c1ccc(NN)cn1. The van der Waals surface area contributed by atoms with E-state index >= 15 is 0 Å². The van der Waals surface area contributed by atoms with E-state index in [1.165, 1.54) is 6.20 Å². The van der Waals surface area contributed by atoms with Crippen LogP contribution in [0.2, 0.25) is 0 Å². The molecule has 0 aliphatic heterocycles. The van der Waals surface area contributed by atoms with Gasteiger partial charge >= 0.3 is 0 Å². The molecule has 1 heterocycles. The van der Waals surface area contributed by atoms with Gasteiger partial charge in [-0.2, -0.15) is 0 Å². The second-order valence-corrected chi connectivity index (χ2v) is 3.86. The van der Waals surface area contributed by atoms with Crippen molar-refractivity contribution < 1.29 is 4.79 Å². The molecule has 0 saturated heterocycles. The van der Waals surface area contributed by atoms with Crippen molar-refractivity contribution in [3.63, 3.8) is 0 Å². The average Bonchev–Trinajstić information content (AvgIpc) is 2.43. The molecule has 0 spiro atoms. The van der Waals surface area contributed by atoms with Crippen LogP contribution in [0.25, 0.3) is 0 Å². The highest BCUT2D eigenvalue weighted by Gasteiger charge is 2.06. The molecule has 4 N–H and O–H groups in total. The molecule has 0 fully saturated rings. The van der Waals surface area contributed by atoms with Gasteiger partial charge in [-0.05, 0) is 25.2 Å². The Labute approximate surface area is 108 Å². The summed E-state index contributed by atoms with van der Waals surface area (Å²) in [6.07, 6.45) is 1.53. The number of aromatic nitrogens is 1. The molecular formula is C12H21N5O. The normalized spacial score (nSPS) is 10.4. The van der Waals surface area contributed by atoms with Gasteiger partial charge in [0.05, 0.1) is 11.9 Å². The number of nitrogen functional groups attached to an aromatic ring is 1. The van der Waals surface area contributed by atoms with E-state index in [2.05, 4.69) is 34.5 Å². The number of hydrazine groups is 1. The number of rotatable bonds is 7. The number of likely N-dealkylation sites (N-methyl/N-ethyl adjacent to an activating group) is 1. The highest BCUT2D eigenvalue weighted by atomic mass is 16.1. The third-order valence-electron chi connectivity index (χ3n) is 2.77. The monoisotopic (exact) mass is 251 g/mol. The van der Waals surface area contributed by atoms with Gasteiger partial charge in [-0.15, -0.1) is 0 Å². The van der Waals surface area contributed by atoms with E-state index in [9.17, 15) is 4.79 Å². The minimum Gasteiger partial charge on any atom is -0.349 e. The molecular weight excluding hydrogens is 230 g/mol. The maximum absolute atomic E-state index is 11.8. The quantitative estimate of drug-likeness (QED) is 0.484. The third kappa shape index (κ3) is 4.31. The summed E-state index contributed by atoms with van der Waals surface area (Å²) in [5.41, 5.74) is 3.54. The molecule has 1 aromatic rings. The summed E-state index contributed by atoms with van der Waals surface area (Å²) in [4.78, 5) is 18.0. The number of pyridine rings is 1. The molecule has 100 valence electrons. The van der Waals surface area contributed by atoms with E-state index in [0.717, 1.165) is 19.6 Å². The molecule has 0 bridgehead atoms. The van der Waals surface area contributed by atoms with E-state index in [1.54, 1.807) is 12.1 Å². The van der Waals surface area contributed by atoms with Crippen molar-refractivity contribution in [3.05, 3.63) is 24.0 Å². The molecule has 0 unspecified atom stereocenters. The van der Waals surface area contributed by atoms with Crippen LogP contribution in [0.15, 0.2) is 18.3 Å². The molecule has 0 aromatic carbocycles. The first-order chi connectivity index (χ1) is 8.71. The second-order valence-electron chi connectivity index (χ2n) is 3.86. The summed E-state index contributed by atoms with van der Waals surface area (Å²) in [5.74, 6) is 5.06. The van der Waals surface area contributed by atoms with Crippen LogP contribution in [-0.2, 0) is 0 Å². The summed E-state index contributed by atoms with van der Waals surface area (Å²) in [7, 11) is 0. The Kier molecular flexibility index (Phi) is 6.10. The Bertz CT molecular complexity index is 361. The van der Waals surface area contributed by atoms with Gasteiger partial charge < -0.3 is 15.6 Å². The van der Waals surface area contributed by atoms with Crippen molar-refractivity contribution in [2.75, 3.05) is 31.6 Å². The lowest BCUT2D eigenvalue weighted by atomic mass is 10.3. The summed E-state index contributed by atoms with van der Waals surface area (Å²) in [6.45, 7) is 7.65. The van der Waals surface area contributed by atoms with Crippen molar-refractivity contribution >= 4 is 11.6 Å². The van der Waals surface area contributed by atoms with Gasteiger partial charge in [0.25, 0.3) is 5.91 Å². The largest absolute Gasteiger partial charge is 0.349 e. The van der Waals surface area contributed by atoms with Crippen LogP contribution >= 0.6 is 0 Å². The second kappa shape index (κ2) is 7.62. The minimum absolute atomic E-state index is 0.161. The lowest BCUT2D eigenvalue weighted by Gasteiger charge is -2.17. The number of nitrogens with zero attached hydrogens (tertiary/aromatic N) is 2. The van der Waals surface area contributed by atoms with E-state index in [1.807, 2.05) is 0 Å². The van der Waals surface area contributed by atoms with Crippen LogP contribution in [-0.4, -0.2) is 42.0 Å². The van der Waals surface area contributed by atoms with Crippen LogP contribution in [0.3, 0.4) is 0 Å². The fraction of sp³-hybridized carbons (Fsp3) is 0.500. The smallest absolute Gasteiger partial charge is 0.269 e. The molecule has 0 atom stereocenters. The zero-order valence-electron chi connectivity index (χ0n) is 10.9. The predicted octanol–water partition coefficient (Wildman–Crippen LogP) is 0.439. The molecule has 0 aliphatic rings. The summed E-state index contributed by atoms with van der Waals surface area (Å²) < 4.78 is 0. The fourth-order valence-electron chi connectivity index (χ4n) is 1.57. The van der Waals surface area contributed by atoms with Crippen molar-refractivity contribution in [2.24, 2.45) is 5.84 Å². The van der Waals surface area contributed by atoms with Crippen LogP contribution in [0, 0.1) is 0 Å². The molecule has 18 heavy (non-hydrogen) atoms. The van der Waals surface area contributed by atoms with E-state index in [4.69, 9.17) is 5.84 Å². The highest BCUT2D eigenvalue weighted by Crippen LogP contribution is 2.03. The van der Waals surface area contributed by atoms with Gasteiger partial charge in [0.1, 0.15) is 5.69 Å². The summed E-state index contributed by atoms with van der Waals surface area (Å²) >= 11 is 0.